The summed E-state index contributed by atoms with van der Waals surface area (Å²) in [4.78, 5) is 42.5. The Bertz CT molecular complexity index is 1050. The van der Waals surface area contributed by atoms with Crippen molar-refractivity contribution in [1.82, 2.24) is 0 Å². The fourth-order valence-corrected chi connectivity index (χ4v) is 4.59. The number of hydrogen-bond donors (Lipinski definition) is 4. The van der Waals surface area contributed by atoms with Crippen LogP contribution in [0.2, 0.25) is 0 Å². The Morgan fingerprint density at radius 2 is 1.29 bits per heavy atom. The van der Waals surface area contributed by atoms with Crippen LogP contribution in [0.4, 0.5) is 0 Å². The van der Waals surface area contributed by atoms with Crippen molar-refractivity contribution >= 4 is 19.8 Å². The van der Waals surface area contributed by atoms with E-state index in [4.69, 9.17) is 19.3 Å². The lowest BCUT2D eigenvalue weighted by Gasteiger charge is -2.18. The van der Waals surface area contributed by atoms with E-state index < -0.39 is 44.7 Å². The van der Waals surface area contributed by atoms with Gasteiger partial charge in [0.25, 0.3) is 0 Å². The number of unbranched alkanes of at least 4 members (excludes halogenated alkanes) is 5. The maximum Gasteiger partial charge on any atom is 0.469 e. The molecule has 0 fully saturated rings. The van der Waals surface area contributed by atoms with Gasteiger partial charge in [0.05, 0.1) is 18.8 Å². The smallest absolute Gasteiger partial charge is 0.462 e. The molecule has 0 rings (SSSR count). The first-order valence-corrected chi connectivity index (χ1v) is 18.8. The van der Waals surface area contributed by atoms with E-state index in [1.807, 2.05) is 43.4 Å². The molecule has 11 heteroatoms. The summed E-state index contributed by atoms with van der Waals surface area (Å²) in [6, 6.07) is 0. The van der Waals surface area contributed by atoms with Crippen molar-refractivity contribution in [2.24, 2.45) is 5.92 Å². The highest BCUT2D eigenvalue weighted by Crippen LogP contribution is 2.35. The van der Waals surface area contributed by atoms with Crippen LogP contribution in [0.25, 0.3) is 0 Å². The summed E-state index contributed by atoms with van der Waals surface area (Å²) in [6.45, 7) is 5.52. The number of aliphatic hydroxyl groups excluding tert-OH is 2. The van der Waals surface area contributed by atoms with E-state index >= 15 is 0 Å². The van der Waals surface area contributed by atoms with Crippen molar-refractivity contribution in [1.29, 1.82) is 0 Å². The molecule has 4 N–H and O–H groups in total. The maximum atomic E-state index is 12.3. The lowest BCUT2D eigenvalue weighted by Crippen LogP contribution is -2.29. The topological polar surface area (TPSA) is 160 Å². The summed E-state index contributed by atoms with van der Waals surface area (Å²) in [5.41, 5.74) is 0. The van der Waals surface area contributed by atoms with Gasteiger partial charge >= 0.3 is 19.8 Å². The molecule has 0 aromatic carbocycles. The third-order valence-corrected chi connectivity index (χ3v) is 7.33. The van der Waals surface area contributed by atoms with Crippen LogP contribution in [0.3, 0.4) is 0 Å². The SMILES string of the molecule is CC/C=C\C[C@H](O)/C=C/C=C\C=C\[C@H](O)C/C=C\C/C=C\CCC(=O)O[C@H](COC(=O)CCCCCCCCC(C)C)COP(=O)(O)O. The highest BCUT2D eigenvalue weighted by molar-refractivity contribution is 7.46. The Hall–Kier alpha value is -2.59. The minimum absolute atomic E-state index is 0.0266. The molecule has 0 radical (unpaired) electrons. The number of phosphoric ester groups is 1. The monoisotopic (exact) mass is 696 g/mol. The number of hydrogen-bond acceptors (Lipinski definition) is 8. The minimum atomic E-state index is -4.80. The number of allylic oxidation sites excluding steroid dienone is 8. The van der Waals surface area contributed by atoms with Crippen molar-refractivity contribution in [2.45, 2.75) is 129 Å². The second kappa shape index (κ2) is 30.5. The normalized spacial score (nSPS) is 14.8. The number of carbonyl (C=O) groups excluding carboxylic acids is 2. The molecule has 0 aliphatic heterocycles. The van der Waals surface area contributed by atoms with Gasteiger partial charge in [0, 0.05) is 12.8 Å². The Labute approximate surface area is 288 Å². The standard InChI is InChI=1S/C37H61O10P/c1-4-5-16-24-33(38)26-19-14-15-20-27-34(39)25-18-11-7-9-13-22-29-37(41)47-35(31-46-48(42,43)44)30-45-36(40)28-21-12-8-6-10-17-23-32(2)3/h5,9,11,13-16,18-20,26-27,32-35,38-39H,4,6-8,10,12,17,21-25,28-31H2,1-3H3,(H2,42,43,44)/b13-9-,15-14-,16-5-,18-11-,26-19+,27-20+/t33-,34+,35+/m0/s1. The van der Waals surface area contributed by atoms with E-state index in [9.17, 15) is 24.4 Å². The molecule has 0 amide bonds. The zero-order valence-electron chi connectivity index (χ0n) is 29.2. The summed E-state index contributed by atoms with van der Waals surface area (Å²) in [5.74, 6) is -0.350. The molecule has 0 saturated heterocycles. The van der Waals surface area contributed by atoms with Gasteiger partial charge in [-0.2, -0.15) is 0 Å². The summed E-state index contributed by atoms with van der Waals surface area (Å²) in [5, 5.41) is 19.8. The van der Waals surface area contributed by atoms with E-state index in [1.54, 1.807) is 36.5 Å². The average molecular weight is 697 g/mol. The Kier molecular flexibility index (Phi) is 28.8. The zero-order valence-corrected chi connectivity index (χ0v) is 30.1. The quantitative estimate of drug-likeness (QED) is 0.0200. The number of aliphatic hydroxyl groups is 2. The molecule has 0 saturated carbocycles. The van der Waals surface area contributed by atoms with Crippen LogP contribution in [0, 0.1) is 5.92 Å². The molecule has 0 spiro atoms. The van der Waals surface area contributed by atoms with Crippen molar-refractivity contribution < 1.29 is 48.2 Å². The molecular formula is C37H61O10P. The van der Waals surface area contributed by atoms with E-state index in [0.717, 1.165) is 31.6 Å². The van der Waals surface area contributed by atoms with E-state index in [-0.39, 0.29) is 19.4 Å². The lowest BCUT2D eigenvalue weighted by molar-refractivity contribution is -0.161. The summed E-state index contributed by atoms with van der Waals surface area (Å²) >= 11 is 0. The number of ether oxygens (including phenoxy) is 2. The molecule has 274 valence electrons. The minimum Gasteiger partial charge on any atom is -0.462 e. The van der Waals surface area contributed by atoms with Gasteiger partial charge in [0.1, 0.15) is 6.61 Å². The van der Waals surface area contributed by atoms with Crippen molar-refractivity contribution in [3.8, 4) is 0 Å². The third-order valence-electron chi connectivity index (χ3n) is 6.85. The van der Waals surface area contributed by atoms with Crippen molar-refractivity contribution in [2.75, 3.05) is 13.2 Å². The highest BCUT2D eigenvalue weighted by atomic mass is 31.2. The fraction of sp³-hybridized carbons (Fsp3) is 0.622. The summed E-state index contributed by atoms with van der Waals surface area (Å²) < 4.78 is 26.1. The van der Waals surface area contributed by atoms with Crippen LogP contribution < -0.4 is 0 Å². The second-order valence-corrected chi connectivity index (χ2v) is 13.2. The largest absolute Gasteiger partial charge is 0.469 e. The number of rotatable bonds is 29. The molecule has 0 heterocycles. The summed E-state index contributed by atoms with van der Waals surface area (Å²) in [6.07, 6.45) is 30.2. The van der Waals surface area contributed by atoms with Gasteiger partial charge < -0.3 is 29.5 Å². The molecular weight excluding hydrogens is 635 g/mol. The number of esters is 2. The predicted molar refractivity (Wildman–Crippen MR) is 191 cm³/mol. The Balaban J connectivity index is 4.32. The molecule has 0 aromatic heterocycles. The van der Waals surface area contributed by atoms with Gasteiger partial charge in [-0.15, -0.1) is 0 Å². The number of carbonyl (C=O) groups is 2. The van der Waals surface area contributed by atoms with E-state index in [2.05, 4.69) is 18.4 Å². The molecule has 10 nitrogen and oxygen atoms in total. The van der Waals surface area contributed by atoms with Gasteiger partial charge in [-0.05, 0) is 44.4 Å². The zero-order chi connectivity index (χ0) is 35.9. The van der Waals surface area contributed by atoms with Crippen LogP contribution in [0.5, 0.6) is 0 Å². The Morgan fingerprint density at radius 1 is 0.708 bits per heavy atom. The van der Waals surface area contributed by atoms with Crippen LogP contribution in [-0.4, -0.2) is 63.5 Å². The van der Waals surface area contributed by atoms with Crippen molar-refractivity contribution in [3.63, 3.8) is 0 Å². The number of phosphoric acid groups is 1. The van der Waals surface area contributed by atoms with Crippen molar-refractivity contribution in [3.05, 3.63) is 72.9 Å². The van der Waals surface area contributed by atoms with Crippen LogP contribution in [0.15, 0.2) is 72.9 Å². The molecule has 0 aromatic rings. The third kappa shape index (κ3) is 33.3. The van der Waals surface area contributed by atoms with Gasteiger partial charge in [0.2, 0.25) is 0 Å². The first-order chi connectivity index (χ1) is 22.9. The summed E-state index contributed by atoms with van der Waals surface area (Å²) in [7, 11) is -4.80. The van der Waals surface area contributed by atoms with Crippen LogP contribution in [0.1, 0.15) is 111 Å². The van der Waals surface area contributed by atoms with Gasteiger partial charge in [0.15, 0.2) is 6.10 Å². The van der Waals surface area contributed by atoms with Gasteiger partial charge in [-0.25, -0.2) is 4.57 Å². The molecule has 3 atom stereocenters. The molecule has 48 heavy (non-hydrogen) atoms. The van der Waals surface area contributed by atoms with Crippen LogP contribution >= 0.6 is 7.82 Å². The first-order valence-electron chi connectivity index (χ1n) is 17.3. The highest BCUT2D eigenvalue weighted by Gasteiger charge is 2.22. The molecule has 0 aliphatic rings. The lowest BCUT2D eigenvalue weighted by atomic mass is 10.0. The van der Waals surface area contributed by atoms with Crippen LogP contribution in [-0.2, 0) is 28.2 Å². The van der Waals surface area contributed by atoms with Gasteiger partial charge in [-0.1, -0.05) is 132 Å². The fourth-order valence-electron chi connectivity index (χ4n) is 4.23. The molecule has 0 unspecified atom stereocenters. The average Bonchev–Trinajstić information content (AvgIpc) is 3.02. The van der Waals surface area contributed by atoms with E-state index in [0.29, 0.717) is 32.1 Å². The first kappa shape index (κ1) is 45.4. The molecule has 0 aliphatic carbocycles. The maximum absolute atomic E-state index is 12.3. The second-order valence-electron chi connectivity index (χ2n) is 12.0. The predicted octanol–water partition coefficient (Wildman–Crippen LogP) is 7.75. The molecule has 0 bridgehead atoms. The Morgan fingerprint density at radius 3 is 1.90 bits per heavy atom. The van der Waals surface area contributed by atoms with Gasteiger partial charge in [-0.3, -0.25) is 14.1 Å². The van der Waals surface area contributed by atoms with E-state index in [1.165, 1.54) is 19.3 Å².